The summed E-state index contributed by atoms with van der Waals surface area (Å²) < 4.78 is 11.8. The van der Waals surface area contributed by atoms with E-state index in [9.17, 15) is 0 Å². The van der Waals surface area contributed by atoms with Crippen molar-refractivity contribution >= 4 is 117 Å². The number of para-hydroxylation sites is 1. The second-order valence-corrected chi connectivity index (χ2v) is 15.6. The molecule has 0 spiro atoms. The molecule has 0 aliphatic carbocycles. The zero-order valence-electron chi connectivity index (χ0n) is 27.2. The molecule has 0 aliphatic rings. The highest BCUT2D eigenvalue weighted by atomic mass is 32.1. The minimum atomic E-state index is 0.918. The van der Waals surface area contributed by atoms with Gasteiger partial charge in [0.25, 0.3) is 0 Å². The fraction of sp³-hybridized carbons (Fsp3) is 0. The Morgan fingerprint density at radius 1 is 0.333 bits per heavy atom. The summed E-state index contributed by atoms with van der Waals surface area (Å²) >= 11 is 3.85. The fourth-order valence-electron chi connectivity index (χ4n) is 8.61. The summed E-state index contributed by atoms with van der Waals surface area (Å²) in [6.07, 6.45) is 0. The molecule has 51 heavy (non-hydrogen) atoms. The highest BCUT2D eigenvalue weighted by Gasteiger charge is 2.20. The maximum absolute atomic E-state index is 6.37. The van der Waals surface area contributed by atoms with Crippen LogP contribution in [0.4, 0.5) is 0 Å². The van der Waals surface area contributed by atoms with Crippen molar-refractivity contribution < 1.29 is 4.42 Å². The minimum Gasteiger partial charge on any atom is -0.456 e. The van der Waals surface area contributed by atoms with Crippen molar-refractivity contribution in [2.24, 2.45) is 0 Å². The highest BCUT2D eigenvalue weighted by Crippen LogP contribution is 2.48. The summed E-state index contributed by atoms with van der Waals surface area (Å²) in [5.74, 6) is 0. The van der Waals surface area contributed by atoms with Gasteiger partial charge in [-0.05, 0) is 85.6 Å². The van der Waals surface area contributed by atoms with E-state index in [4.69, 9.17) is 4.42 Å². The molecule has 0 bridgehead atoms. The second-order valence-electron chi connectivity index (χ2n) is 13.5. The number of furan rings is 1. The monoisotopic (exact) mass is 682 g/mol. The first-order valence-electron chi connectivity index (χ1n) is 17.3. The molecular weight excluding hydrogens is 657 g/mol. The summed E-state index contributed by atoms with van der Waals surface area (Å²) in [7, 11) is 0. The molecule has 9 aromatic carbocycles. The van der Waals surface area contributed by atoms with Crippen molar-refractivity contribution in [3.63, 3.8) is 0 Å². The lowest BCUT2D eigenvalue weighted by molar-refractivity contribution is 0.669. The zero-order chi connectivity index (χ0) is 33.2. The zero-order valence-corrected chi connectivity index (χ0v) is 28.9. The van der Waals surface area contributed by atoms with Gasteiger partial charge in [0, 0.05) is 56.5 Å². The van der Waals surface area contributed by atoms with E-state index >= 15 is 0 Å². The first kappa shape index (κ1) is 27.8. The van der Waals surface area contributed by atoms with Gasteiger partial charge < -0.3 is 4.42 Å². The normalized spacial score (nSPS) is 12.3. The Hall–Kier alpha value is -6.00. The van der Waals surface area contributed by atoms with E-state index in [-0.39, 0.29) is 0 Å². The number of fused-ring (bicyclic) bond motifs is 14. The lowest BCUT2D eigenvalue weighted by atomic mass is 9.85. The molecule has 0 atom stereocenters. The maximum atomic E-state index is 6.37. The average molecular weight is 683 g/mol. The molecule has 1 nitrogen and oxygen atoms in total. The van der Waals surface area contributed by atoms with E-state index in [2.05, 4.69) is 152 Å². The van der Waals surface area contributed by atoms with Crippen LogP contribution in [0, 0.1) is 0 Å². The van der Waals surface area contributed by atoms with E-state index in [1.165, 1.54) is 94.9 Å². The van der Waals surface area contributed by atoms with Gasteiger partial charge >= 0.3 is 0 Å². The van der Waals surface area contributed by atoms with Gasteiger partial charge in [-0.15, -0.1) is 22.7 Å². The molecule has 0 saturated carbocycles. The van der Waals surface area contributed by atoms with Crippen molar-refractivity contribution in [2.45, 2.75) is 0 Å². The van der Waals surface area contributed by atoms with Gasteiger partial charge in [0.1, 0.15) is 11.2 Å². The molecule has 12 rings (SSSR count). The first-order valence-corrected chi connectivity index (χ1v) is 19.0. The van der Waals surface area contributed by atoms with E-state index in [1.54, 1.807) is 0 Å². The van der Waals surface area contributed by atoms with E-state index < -0.39 is 0 Å². The molecule has 236 valence electrons. The molecule has 0 saturated heterocycles. The van der Waals surface area contributed by atoms with Gasteiger partial charge in [-0.3, -0.25) is 0 Å². The molecule has 3 heterocycles. The predicted octanol–water partition coefficient (Wildman–Crippen LogP) is 15.1. The fourth-order valence-corrected chi connectivity index (χ4v) is 11.2. The van der Waals surface area contributed by atoms with Crippen LogP contribution in [0.1, 0.15) is 0 Å². The molecule has 0 fully saturated rings. The SMILES string of the molecule is c1ccc2c(c1)oc1cc(-c3c4ccccc4c(-c4ccc5sc6c(ccc7ccc8c9ccccc9sc8c76)c5c4)c4ccccc34)ccc12. The Morgan fingerprint density at radius 3 is 1.51 bits per heavy atom. The highest BCUT2D eigenvalue weighted by molar-refractivity contribution is 7.29. The van der Waals surface area contributed by atoms with Crippen LogP contribution in [0.2, 0.25) is 0 Å². The third-order valence-electron chi connectivity index (χ3n) is 10.8. The molecule has 0 amide bonds. The Labute approximate surface area is 300 Å². The smallest absolute Gasteiger partial charge is 0.136 e. The number of hydrogen-bond acceptors (Lipinski definition) is 3. The molecular formula is C48H26OS2. The molecule has 3 aromatic heterocycles. The minimum absolute atomic E-state index is 0.918. The van der Waals surface area contributed by atoms with Crippen LogP contribution < -0.4 is 0 Å². The van der Waals surface area contributed by atoms with Gasteiger partial charge in [-0.1, -0.05) is 121 Å². The number of rotatable bonds is 2. The summed E-state index contributed by atoms with van der Waals surface area (Å²) in [5.41, 5.74) is 6.78. The molecule has 0 unspecified atom stereocenters. The molecule has 0 N–H and O–H groups in total. The summed E-state index contributed by atoms with van der Waals surface area (Å²) in [5, 5.41) is 15.4. The van der Waals surface area contributed by atoms with Crippen LogP contribution in [0.3, 0.4) is 0 Å². The van der Waals surface area contributed by atoms with Gasteiger partial charge in [0.05, 0.1) is 0 Å². The number of hydrogen-bond donors (Lipinski definition) is 0. The quantitative estimate of drug-likeness (QED) is 0.165. The van der Waals surface area contributed by atoms with Gasteiger partial charge in [-0.2, -0.15) is 0 Å². The summed E-state index contributed by atoms with van der Waals surface area (Å²) in [4.78, 5) is 0. The topological polar surface area (TPSA) is 13.1 Å². The average Bonchev–Trinajstić information content (AvgIpc) is 3.87. The third kappa shape index (κ3) is 3.85. The van der Waals surface area contributed by atoms with Crippen molar-refractivity contribution in [1.29, 1.82) is 0 Å². The Kier molecular flexibility index (Phi) is 5.59. The largest absolute Gasteiger partial charge is 0.456 e. The third-order valence-corrected chi connectivity index (χ3v) is 13.3. The van der Waals surface area contributed by atoms with Gasteiger partial charge in [-0.25, -0.2) is 0 Å². The maximum Gasteiger partial charge on any atom is 0.136 e. The molecule has 3 heteroatoms. The van der Waals surface area contributed by atoms with E-state index in [0.717, 1.165) is 21.9 Å². The Bertz CT molecular complexity index is 3370. The van der Waals surface area contributed by atoms with Crippen LogP contribution >= 0.6 is 22.7 Å². The Balaban J connectivity index is 1.12. The lowest BCUT2D eigenvalue weighted by Gasteiger charge is -2.18. The van der Waals surface area contributed by atoms with Gasteiger partial charge in [0.15, 0.2) is 0 Å². The number of thiophene rings is 2. The summed E-state index contributed by atoms with van der Waals surface area (Å²) in [6, 6.07) is 58.1. The second kappa shape index (κ2) is 10.3. The Morgan fingerprint density at radius 2 is 0.824 bits per heavy atom. The standard InChI is InChI=1S/C48H26OS2/c1-3-13-35-33(11-1)44(34-12-2-4-14-36(34)45(35)29-19-21-31-30-9-5-7-15-40(30)49-41(31)26-29)28-20-24-43-39(25-28)38-23-18-27-17-22-37-32-10-6-8-16-42(32)50-47(37)46(27)48(38)51-43/h1-26H. The van der Waals surface area contributed by atoms with E-state index in [1.807, 2.05) is 28.7 Å². The van der Waals surface area contributed by atoms with Crippen molar-refractivity contribution in [3.05, 3.63) is 158 Å². The van der Waals surface area contributed by atoms with Crippen LogP contribution in [-0.2, 0) is 0 Å². The first-order chi connectivity index (χ1) is 25.3. The number of benzene rings is 9. The van der Waals surface area contributed by atoms with Crippen LogP contribution in [-0.4, -0.2) is 0 Å². The summed E-state index contributed by atoms with van der Waals surface area (Å²) in [6.45, 7) is 0. The van der Waals surface area contributed by atoms with E-state index in [0.29, 0.717) is 0 Å². The predicted molar refractivity (Wildman–Crippen MR) is 223 cm³/mol. The van der Waals surface area contributed by atoms with Crippen molar-refractivity contribution in [3.8, 4) is 22.3 Å². The van der Waals surface area contributed by atoms with Crippen LogP contribution in [0.5, 0.6) is 0 Å². The van der Waals surface area contributed by atoms with Crippen LogP contribution in [0.15, 0.2) is 162 Å². The van der Waals surface area contributed by atoms with Crippen LogP contribution in [0.25, 0.3) is 117 Å². The van der Waals surface area contributed by atoms with Crippen molar-refractivity contribution in [2.75, 3.05) is 0 Å². The molecule has 0 aliphatic heterocycles. The molecule has 0 radical (unpaired) electrons. The molecule has 12 aromatic rings. The van der Waals surface area contributed by atoms with Crippen molar-refractivity contribution in [1.82, 2.24) is 0 Å². The van der Waals surface area contributed by atoms with Gasteiger partial charge in [0.2, 0.25) is 0 Å². The lowest BCUT2D eigenvalue weighted by Crippen LogP contribution is -1.90.